The number of fused-ring (bicyclic) bond motifs is 1. The first-order chi connectivity index (χ1) is 12.3. The molecule has 5 nitrogen and oxygen atoms in total. The summed E-state index contributed by atoms with van der Waals surface area (Å²) in [5.41, 5.74) is 4.32. The van der Waals surface area contributed by atoms with Crippen LogP contribution in [-0.2, 0) is 13.0 Å². The van der Waals surface area contributed by atoms with Crippen LogP contribution in [0.1, 0.15) is 22.8 Å². The molecule has 5 heteroatoms. The first-order valence-corrected chi connectivity index (χ1v) is 8.31. The standard InChI is InChI=1S/C20H19N5/c1-15-6-5-9-20-23-17(14-25(15)20)13-22-18-10-11-21-19(24-18)12-16-7-3-2-4-8-16/h2-11,14H,12-13H2,1H3,(H,21,22,24). The number of nitrogens with zero attached hydrogens (tertiary/aromatic N) is 4. The molecule has 0 unspecified atom stereocenters. The Hall–Kier alpha value is -3.21. The van der Waals surface area contributed by atoms with Gasteiger partial charge < -0.3 is 9.72 Å². The van der Waals surface area contributed by atoms with Crippen LogP contribution in [0, 0.1) is 6.92 Å². The first kappa shape index (κ1) is 15.3. The summed E-state index contributed by atoms with van der Waals surface area (Å²) in [6.45, 7) is 2.70. The monoisotopic (exact) mass is 329 g/mol. The van der Waals surface area contributed by atoms with Gasteiger partial charge in [-0.25, -0.2) is 15.0 Å². The highest BCUT2D eigenvalue weighted by Gasteiger charge is 2.05. The molecular formula is C20H19N5. The molecule has 0 saturated carbocycles. The highest BCUT2D eigenvalue weighted by molar-refractivity contribution is 5.42. The fraction of sp³-hybridized carbons (Fsp3) is 0.150. The molecule has 0 saturated heterocycles. The molecule has 3 heterocycles. The molecule has 0 radical (unpaired) electrons. The minimum Gasteiger partial charge on any atom is -0.364 e. The maximum absolute atomic E-state index is 4.64. The zero-order valence-electron chi connectivity index (χ0n) is 14.1. The Kier molecular flexibility index (Phi) is 4.12. The van der Waals surface area contributed by atoms with E-state index in [1.54, 1.807) is 6.20 Å². The van der Waals surface area contributed by atoms with E-state index in [1.165, 1.54) is 11.3 Å². The van der Waals surface area contributed by atoms with Crippen molar-refractivity contribution in [3.05, 3.63) is 89.8 Å². The number of anilines is 1. The van der Waals surface area contributed by atoms with Crippen molar-refractivity contribution in [2.75, 3.05) is 5.32 Å². The number of imidazole rings is 1. The van der Waals surface area contributed by atoms with Gasteiger partial charge in [-0.2, -0.15) is 0 Å². The lowest BCUT2D eigenvalue weighted by Crippen LogP contribution is -2.04. The Morgan fingerprint density at radius 2 is 1.84 bits per heavy atom. The fourth-order valence-electron chi connectivity index (χ4n) is 2.83. The number of rotatable bonds is 5. The van der Waals surface area contributed by atoms with Gasteiger partial charge in [0.2, 0.25) is 0 Å². The predicted octanol–water partition coefficient (Wildman–Crippen LogP) is 3.64. The number of aromatic nitrogens is 4. The third-order valence-corrected chi connectivity index (χ3v) is 4.11. The number of pyridine rings is 1. The highest BCUT2D eigenvalue weighted by atomic mass is 15.1. The second-order valence-electron chi connectivity index (χ2n) is 6.00. The van der Waals surface area contributed by atoms with E-state index in [0.717, 1.165) is 29.4 Å². The van der Waals surface area contributed by atoms with Gasteiger partial charge in [0.15, 0.2) is 0 Å². The van der Waals surface area contributed by atoms with Crippen LogP contribution in [0.5, 0.6) is 0 Å². The van der Waals surface area contributed by atoms with Crippen LogP contribution in [0.15, 0.2) is 67.0 Å². The number of nitrogens with one attached hydrogen (secondary N) is 1. The Bertz CT molecular complexity index is 991. The summed E-state index contributed by atoms with van der Waals surface area (Å²) in [6, 6.07) is 18.2. The highest BCUT2D eigenvalue weighted by Crippen LogP contribution is 2.11. The average Bonchev–Trinajstić information content (AvgIpc) is 3.06. The van der Waals surface area contributed by atoms with Gasteiger partial charge in [0, 0.05) is 24.5 Å². The van der Waals surface area contributed by atoms with Crippen LogP contribution in [0.3, 0.4) is 0 Å². The van der Waals surface area contributed by atoms with E-state index in [4.69, 9.17) is 0 Å². The van der Waals surface area contributed by atoms with Gasteiger partial charge >= 0.3 is 0 Å². The molecule has 0 aliphatic carbocycles. The third-order valence-electron chi connectivity index (χ3n) is 4.11. The van der Waals surface area contributed by atoms with Gasteiger partial charge in [-0.05, 0) is 30.7 Å². The SMILES string of the molecule is Cc1cccc2nc(CNc3ccnc(Cc4ccccc4)n3)cn12. The summed E-state index contributed by atoms with van der Waals surface area (Å²) in [6.07, 6.45) is 4.58. The van der Waals surface area contributed by atoms with Crippen molar-refractivity contribution in [3.63, 3.8) is 0 Å². The summed E-state index contributed by atoms with van der Waals surface area (Å²) in [7, 11) is 0. The first-order valence-electron chi connectivity index (χ1n) is 8.31. The molecule has 0 atom stereocenters. The van der Waals surface area contributed by atoms with E-state index in [-0.39, 0.29) is 0 Å². The van der Waals surface area contributed by atoms with Crippen LogP contribution in [0.25, 0.3) is 5.65 Å². The van der Waals surface area contributed by atoms with E-state index in [9.17, 15) is 0 Å². The number of hydrogen-bond acceptors (Lipinski definition) is 4. The predicted molar refractivity (Wildman–Crippen MR) is 98.5 cm³/mol. The molecule has 0 aliphatic heterocycles. The summed E-state index contributed by atoms with van der Waals surface area (Å²) >= 11 is 0. The van der Waals surface area contributed by atoms with Crippen molar-refractivity contribution in [2.24, 2.45) is 0 Å². The lowest BCUT2D eigenvalue weighted by atomic mass is 10.1. The second-order valence-corrected chi connectivity index (χ2v) is 6.00. The molecule has 0 aliphatic rings. The summed E-state index contributed by atoms with van der Waals surface area (Å²) < 4.78 is 2.10. The molecule has 0 bridgehead atoms. The van der Waals surface area contributed by atoms with E-state index in [2.05, 4.69) is 56.0 Å². The molecule has 0 spiro atoms. The van der Waals surface area contributed by atoms with Crippen molar-refractivity contribution in [1.82, 2.24) is 19.4 Å². The summed E-state index contributed by atoms with van der Waals surface area (Å²) in [5.74, 6) is 1.62. The second kappa shape index (κ2) is 6.73. The molecule has 0 amide bonds. The number of benzene rings is 1. The Balaban J connectivity index is 1.47. The van der Waals surface area contributed by atoms with Crippen LogP contribution >= 0.6 is 0 Å². The van der Waals surface area contributed by atoms with E-state index >= 15 is 0 Å². The van der Waals surface area contributed by atoms with Gasteiger partial charge in [-0.1, -0.05) is 36.4 Å². The molecular weight excluding hydrogens is 310 g/mol. The minimum atomic E-state index is 0.628. The molecule has 4 rings (SSSR count). The normalized spacial score (nSPS) is 10.9. The van der Waals surface area contributed by atoms with Gasteiger partial charge in [0.05, 0.1) is 12.2 Å². The van der Waals surface area contributed by atoms with Crippen LogP contribution in [-0.4, -0.2) is 19.4 Å². The third kappa shape index (κ3) is 3.50. The Morgan fingerprint density at radius 3 is 2.68 bits per heavy atom. The molecule has 1 aromatic carbocycles. The Morgan fingerprint density at radius 1 is 0.960 bits per heavy atom. The molecule has 25 heavy (non-hydrogen) atoms. The zero-order valence-corrected chi connectivity index (χ0v) is 14.1. The minimum absolute atomic E-state index is 0.628. The van der Waals surface area contributed by atoms with E-state index in [1.807, 2.05) is 36.4 Å². The summed E-state index contributed by atoms with van der Waals surface area (Å²) in [4.78, 5) is 13.6. The van der Waals surface area contributed by atoms with E-state index in [0.29, 0.717) is 6.54 Å². The summed E-state index contributed by atoms with van der Waals surface area (Å²) in [5, 5.41) is 3.34. The number of aryl methyl sites for hydroxylation is 1. The zero-order chi connectivity index (χ0) is 17.1. The fourth-order valence-corrected chi connectivity index (χ4v) is 2.83. The van der Waals surface area contributed by atoms with Crippen molar-refractivity contribution >= 4 is 11.5 Å². The van der Waals surface area contributed by atoms with Gasteiger partial charge in [-0.3, -0.25) is 0 Å². The number of hydrogen-bond donors (Lipinski definition) is 1. The topological polar surface area (TPSA) is 55.1 Å². The van der Waals surface area contributed by atoms with Gasteiger partial charge in [-0.15, -0.1) is 0 Å². The molecule has 124 valence electrons. The van der Waals surface area contributed by atoms with Gasteiger partial charge in [0.1, 0.15) is 17.3 Å². The van der Waals surface area contributed by atoms with E-state index < -0.39 is 0 Å². The lowest BCUT2D eigenvalue weighted by molar-refractivity contribution is 0.952. The van der Waals surface area contributed by atoms with Gasteiger partial charge in [0.25, 0.3) is 0 Å². The van der Waals surface area contributed by atoms with Crippen molar-refractivity contribution in [2.45, 2.75) is 19.9 Å². The van der Waals surface area contributed by atoms with Crippen molar-refractivity contribution in [3.8, 4) is 0 Å². The van der Waals surface area contributed by atoms with Crippen LogP contribution in [0.2, 0.25) is 0 Å². The quantitative estimate of drug-likeness (QED) is 0.607. The molecule has 4 aromatic rings. The Labute approximate surface area is 146 Å². The maximum atomic E-state index is 4.64. The smallest absolute Gasteiger partial charge is 0.137 e. The van der Waals surface area contributed by atoms with Crippen molar-refractivity contribution < 1.29 is 0 Å². The lowest BCUT2D eigenvalue weighted by Gasteiger charge is -2.05. The largest absolute Gasteiger partial charge is 0.364 e. The maximum Gasteiger partial charge on any atom is 0.137 e. The van der Waals surface area contributed by atoms with Crippen LogP contribution < -0.4 is 5.32 Å². The van der Waals surface area contributed by atoms with Crippen LogP contribution in [0.4, 0.5) is 5.82 Å². The molecule has 0 fully saturated rings. The molecule has 3 aromatic heterocycles. The molecule has 1 N–H and O–H groups in total. The van der Waals surface area contributed by atoms with Crippen molar-refractivity contribution in [1.29, 1.82) is 0 Å². The average molecular weight is 329 g/mol.